The van der Waals surface area contributed by atoms with Crippen molar-refractivity contribution in [1.82, 2.24) is 15.1 Å². The van der Waals surface area contributed by atoms with Crippen LogP contribution < -0.4 is 5.32 Å². The maximum atomic E-state index is 5.34. The number of rotatable bonds is 5. The molecular weight excluding hydrogens is 246 g/mol. The fraction of sp³-hybridized carbons (Fsp3) is 0.462. The van der Waals surface area contributed by atoms with Crippen molar-refractivity contribution in [3.8, 4) is 0 Å². The minimum absolute atomic E-state index is 0.857. The van der Waals surface area contributed by atoms with Crippen molar-refractivity contribution >= 4 is 11.8 Å². The van der Waals surface area contributed by atoms with E-state index in [4.69, 9.17) is 4.42 Å². The van der Waals surface area contributed by atoms with Crippen LogP contribution in [0.4, 0.5) is 0 Å². The Morgan fingerprint density at radius 3 is 2.83 bits per heavy atom. The topological polar surface area (TPSA) is 43.0 Å². The Labute approximate surface area is 112 Å². The SMILES string of the molecule is CCNCc1c(C)nn(C)c1Sc1ccoc1C. The van der Waals surface area contributed by atoms with E-state index in [9.17, 15) is 0 Å². The van der Waals surface area contributed by atoms with Gasteiger partial charge in [0.2, 0.25) is 0 Å². The zero-order valence-electron chi connectivity index (χ0n) is 11.3. The van der Waals surface area contributed by atoms with E-state index in [1.165, 1.54) is 10.6 Å². The molecule has 2 rings (SSSR count). The molecule has 1 N–H and O–H groups in total. The molecule has 4 nitrogen and oxygen atoms in total. The van der Waals surface area contributed by atoms with E-state index in [0.29, 0.717) is 0 Å². The highest BCUT2D eigenvalue weighted by Gasteiger charge is 2.15. The molecule has 18 heavy (non-hydrogen) atoms. The van der Waals surface area contributed by atoms with Gasteiger partial charge in [0.15, 0.2) is 0 Å². The molecule has 5 heteroatoms. The lowest BCUT2D eigenvalue weighted by Crippen LogP contribution is -2.12. The summed E-state index contributed by atoms with van der Waals surface area (Å²) in [5.41, 5.74) is 2.35. The first-order valence-electron chi connectivity index (χ1n) is 6.08. The van der Waals surface area contributed by atoms with E-state index >= 15 is 0 Å². The van der Waals surface area contributed by atoms with Gasteiger partial charge in [-0.15, -0.1) is 0 Å². The lowest BCUT2D eigenvalue weighted by Gasteiger charge is -2.06. The smallest absolute Gasteiger partial charge is 0.114 e. The Morgan fingerprint density at radius 2 is 2.22 bits per heavy atom. The van der Waals surface area contributed by atoms with Gasteiger partial charge in [-0.1, -0.05) is 18.7 Å². The highest BCUT2D eigenvalue weighted by atomic mass is 32.2. The molecule has 0 saturated heterocycles. The highest BCUT2D eigenvalue weighted by molar-refractivity contribution is 7.99. The third kappa shape index (κ3) is 2.62. The third-order valence-corrected chi connectivity index (χ3v) is 4.21. The Morgan fingerprint density at radius 1 is 1.44 bits per heavy atom. The normalized spacial score (nSPS) is 11.1. The second-order valence-electron chi connectivity index (χ2n) is 4.22. The highest BCUT2D eigenvalue weighted by Crippen LogP contribution is 2.34. The van der Waals surface area contributed by atoms with Crippen molar-refractivity contribution in [2.45, 2.75) is 37.2 Å². The Kier molecular flexibility index (Phi) is 4.14. The molecule has 0 bridgehead atoms. The summed E-state index contributed by atoms with van der Waals surface area (Å²) in [6, 6.07) is 2.00. The van der Waals surface area contributed by atoms with Crippen molar-refractivity contribution < 1.29 is 4.42 Å². The van der Waals surface area contributed by atoms with Crippen LogP contribution in [0.1, 0.15) is 23.9 Å². The molecule has 0 aliphatic carbocycles. The van der Waals surface area contributed by atoms with Crippen LogP contribution >= 0.6 is 11.8 Å². The molecule has 0 aliphatic rings. The zero-order chi connectivity index (χ0) is 13.1. The van der Waals surface area contributed by atoms with Gasteiger partial charge in [0.05, 0.1) is 16.9 Å². The fourth-order valence-electron chi connectivity index (χ4n) is 1.85. The molecule has 0 aliphatic heterocycles. The van der Waals surface area contributed by atoms with E-state index in [1.54, 1.807) is 18.0 Å². The van der Waals surface area contributed by atoms with Gasteiger partial charge in [0.25, 0.3) is 0 Å². The number of aromatic nitrogens is 2. The van der Waals surface area contributed by atoms with Gasteiger partial charge in [-0.05, 0) is 26.5 Å². The number of furan rings is 1. The summed E-state index contributed by atoms with van der Waals surface area (Å²) >= 11 is 1.71. The number of hydrogen-bond donors (Lipinski definition) is 1. The monoisotopic (exact) mass is 265 g/mol. The fourth-order valence-corrected chi connectivity index (χ4v) is 2.89. The minimum atomic E-state index is 0.857. The molecular formula is C13H19N3OS. The molecule has 0 aromatic carbocycles. The predicted molar refractivity (Wildman–Crippen MR) is 72.9 cm³/mol. The number of nitrogens with one attached hydrogen (secondary N) is 1. The lowest BCUT2D eigenvalue weighted by molar-refractivity contribution is 0.526. The molecule has 0 saturated carbocycles. The van der Waals surface area contributed by atoms with Crippen LogP contribution in [0.25, 0.3) is 0 Å². The van der Waals surface area contributed by atoms with Crippen molar-refractivity contribution in [2.24, 2.45) is 7.05 Å². The summed E-state index contributed by atoms with van der Waals surface area (Å²) in [5.74, 6) is 0.952. The maximum Gasteiger partial charge on any atom is 0.114 e. The number of hydrogen-bond acceptors (Lipinski definition) is 4. The second-order valence-corrected chi connectivity index (χ2v) is 5.25. The Balaban J connectivity index is 2.28. The zero-order valence-corrected chi connectivity index (χ0v) is 12.1. The summed E-state index contributed by atoms with van der Waals surface area (Å²) in [6.45, 7) is 7.96. The molecule has 0 unspecified atom stereocenters. The summed E-state index contributed by atoms with van der Waals surface area (Å²) in [4.78, 5) is 1.15. The van der Waals surface area contributed by atoms with Gasteiger partial charge < -0.3 is 9.73 Å². The van der Waals surface area contributed by atoms with E-state index < -0.39 is 0 Å². The Hall–Kier alpha value is -1.20. The van der Waals surface area contributed by atoms with E-state index in [1.807, 2.05) is 24.7 Å². The quantitative estimate of drug-likeness (QED) is 0.902. The van der Waals surface area contributed by atoms with Crippen LogP contribution in [-0.4, -0.2) is 16.3 Å². The van der Waals surface area contributed by atoms with Gasteiger partial charge >= 0.3 is 0 Å². The average molecular weight is 265 g/mol. The summed E-state index contributed by atoms with van der Waals surface area (Å²) in [5, 5.41) is 9.04. The largest absolute Gasteiger partial charge is 0.468 e. The third-order valence-electron chi connectivity index (χ3n) is 2.86. The first kappa shape index (κ1) is 13.2. The van der Waals surface area contributed by atoms with Crippen molar-refractivity contribution in [3.05, 3.63) is 29.3 Å². The molecule has 0 radical (unpaired) electrons. The summed E-state index contributed by atoms with van der Waals surface area (Å²) in [7, 11) is 1.99. The van der Waals surface area contributed by atoms with E-state index in [-0.39, 0.29) is 0 Å². The molecule has 0 atom stereocenters. The minimum Gasteiger partial charge on any atom is -0.468 e. The van der Waals surface area contributed by atoms with E-state index in [2.05, 4.69) is 24.3 Å². The van der Waals surface area contributed by atoms with Crippen LogP contribution in [0.15, 0.2) is 26.7 Å². The first-order valence-corrected chi connectivity index (χ1v) is 6.90. The number of nitrogens with zero attached hydrogens (tertiary/aromatic N) is 2. The van der Waals surface area contributed by atoms with Crippen LogP contribution in [-0.2, 0) is 13.6 Å². The van der Waals surface area contributed by atoms with Crippen LogP contribution in [0.3, 0.4) is 0 Å². The van der Waals surface area contributed by atoms with E-state index in [0.717, 1.165) is 29.4 Å². The summed E-state index contributed by atoms with van der Waals surface area (Å²) in [6.07, 6.45) is 1.73. The molecule has 0 spiro atoms. The molecule has 98 valence electrons. The predicted octanol–water partition coefficient (Wildman–Crippen LogP) is 2.89. The van der Waals surface area contributed by atoms with Crippen molar-refractivity contribution in [2.75, 3.05) is 6.54 Å². The second kappa shape index (κ2) is 5.63. The molecule has 0 amide bonds. The Bertz CT molecular complexity index is 530. The van der Waals surface area contributed by atoms with Gasteiger partial charge in [0.1, 0.15) is 10.8 Å². The van der Waals surface area contributed by atoms with Gasteiger partial charge in [-0.2, -0.15) is 5.10 Å². The maximum absolute atomic E-state index is 5.34. The van der Waals surface area contributed by atoms with Crippen LogP contribution in [0.5, 0.6) is 0 Å². The lowest BCUT2D eigenvalue weighted by atomic mass is 10.2. The first-order chi connectivity index (χ1) is 8.63. The average Bonchev–Trinajstić information content (AvgIpc) is 2.84. The van der Waals surface area contributed by atoms with Crippen molar-refractivity contribution in [3.63, 3.8) is 0 Å². The molecule has 2 heterocycles. The number of aryl methyl sites for hydroxylation is 3. The molecule has 2 aromatic heterocycles. The van der Waals surface area contributed by atoms with Crippen LogP contribution in [0, 0.1) is 13.8 Å². The molecule has 2 aromatic rings. The van der Waals surface area contributed by atoms with Crippen molar-refractivity contribution in [1.29, 1.82) is 0 Å². The molecule has 0 fully saturated rings. The van der Waals surface area contributed by atoms with Gasteiger partial charge in [0, 0.05) is 19.2 Å². The standard InChI is InChI=1S/C13H19N3OS/c1-5-14-8-11-9(2)15-16(4)13(11)18-12-6-7-17-10(12)3/h6-7,14H,5,8H2,1-4H3. The van der Waals surface area contributed by atoms with Gasteiger partial charge in [-0.3, -0.25) is 4.68 Å². The van der Waals surface area contributed by atoms with Crippen LogP contribution in [0.2, 0.25) is 0 Å². The summed E-state index contributed by atoms with van der Waals surface area (Å²) < 4.78 is 7.28. The van der Waals surface area contributed by atoms with Gasteiger partial charge in [-0.25, -0.2) is 0 Å².